The van der Waals surface area contributed by atoms with Crippen molar-refractivity contribution in [1.29, 1.82) is 5.26 Å². The first-order valence-corrected chi connectivity index (χ1v) is 11.3. The molecule has 0 unspecified atom stereocenters. The predicted octanol–water partition coefficient (Wildman–Crippen LogP) is 7.87. The molecule has 3 rings (SSSR count). The molecule has 0 aliphatic heterocycles. The maximum absolute atomic E-state index is 9.04. The van der Waals surface area contributed by atoms with Gasteiger partial charge in [0.15, 0.2) is 0 Å². The lowest BCUT2D eigenvalue weighted by Crippen LogP contribution is -2.25. The summed E-state index contributed by atoms with van der Waals surface area (Å²) in [5, 5.41) is 9.66. The lowest BCUT2D eigenvalue weighted by Gasteiger charge is -2.38. The van der Waals surface area contributed by atoms with Crippen molar-refractivity contribution in [2.24, 2.45) is 17.8 Å². The molecule has 0 radical (unpaired) electrons. The standard InChI is InChI=1S/C24H34ClN/c1-2-3-4-5-18-6-8-19(9-7-18)20-10-12-21(13-11-20)22-14-15-23(17-26)24(25)16-22/h14-16,18-21H,2-13H2,1H3/t18-,19-,20-,21-. The average Bonchev–Trinajstić information content (AvgIpc) is 2.69. The lowest BCUT2D eigenvalue weighted by atomic mass is 9.68. The Bertz CT molecular complexity index is 601. The van der Waals surface area contributed by atoms with Gasteiger partial charge >= 0.3 is 0 Å². The van der Waals surface area contributed by atoms with E-state index in [0.29, 0.717) is 16.5 Å². The average molecular weight is 372 g/mol. The van der Waals surface area contributed by atoms with E-state index in [1.807, 2.05) is 12.1 Å². The molecule has 0 spiro atoms. The second-order valence-electron chi connectivity index (χ2n) is 8.74. The third-order valence-electron chi connectivity index (χ3n) is 7.13. The van der Waals surface area contributed by atoms with Crippen LogP contribution in [-0.2, 0) is 0 Å². The third-order valence-corrected chi connectivity index (χ3v) is 7.44. The molecule has 0 saturated heterocycles. The first-order chi connectivity index (χ1) is 12.7. The van der Waals surface area contributed by atoms with Crippen LogP contribution >= 0.6 is 11.6 Å². The minimum atomic E-state index is 0.597. The van der Waals surface area contributed by atoms with Crippen molar-refractivity contribution in [3.8, 4) is 6.07 Å². The topological polar surface area (TPSA) is 23.8 Å². The first kappa shape index (κ1) is 19.8. The van der Waals surface area contributed by atoms with Crippen LogP contribution in [0.2, 0.25) is 5.02 Å². The normalized spacial score (nSPS) is 29.3. The van der Waals surface area contributed by atoms with Gasteiger partial charge in [-0.15, -0.1) is 0 Å². The maximum Gasteiger partial charge on any atom is 0.101 e. The molecule has 142 valence electrons. The van der Waals surface area contributed by atoms with E-state index in [4.69, 9.17) is 16.9 Å². The SMILES string of the molecule is CCCCC[C@H]1CC[C@H]([C@H]2CC[C@H](c3ccc(C#N)c(Cl)c3)CC2)CC1. The van der Waals surface area contributed by atoms with E-state index in [1.54, 1.807) is 0 Å². The van der Waals surface area contributed by atoms with E-state index < -0.39 is 0 Å². The van der Waals surface area contributed by atoms with Crippen molar-refractivity contribution in [3.63, 3.8) is 0 Å². The van der Waals surface area contributed by atoms with Crippen molar-refractivity contribution in [2.45, 2.75) is 89.9 Å². The van der Waals surface area contributed by atoms with Crippen LogP contribution in [0.15, 0.2) is 18.2 Å². The summed E-state index contributed by atoms with van der Waals surface area (Å²) in [7, 11) is 0. The molecular weight excluding hydrogens is 338 g/mol. The fraction of sp³-hybridized carbons (Fsp3) is 0.708. The highest BCUT2D eigenvalue weighted by atomic mass is 35.5. The van der Waals surface area contributed by atoms with Gasteiger partial charge in [0.05, 0.1) is 10.6 Å². The zero-order valence-corrected chi connectivity index (χ0v) is 17.1. The molecule has 2 saturated carbocycles. The van der Waals surface area contributed by atoms with Crippen molar-refractivity contribution in [1.82, 2.24) is 0 Å². The summed E-state index contributed by atoms with van der Waals surface area (Å²) in [6.45, 7) is 2.30. The van der Waals surface area contributed by atoms with E-state index in [2.05, 4.69) is 19.1 Å². The van der Waals surface area contributed by atoms with E-state index >= 15 is 0 Å². The second-order valence-corrected chi connectivity index (χ2v) is 9.15. The Morgan fingerprint density at radius 3 is 2.19 bits per heavy atom. The Morgan fingerprint density at radius 1 is 0.962 bits per heavy atom. The monoisotopic (exact) mass is 371 g/mol. The van der Waals surface area contributed by atoms with Gasteiger partial charge in [-0.25, -0.2) is 0 Å². The summed E-state index contributed by atoms with van der Waals surface area (Å²) >= 11 is 6.24. The van der Waals surface area contributed by atoms with Gasteiger partial charge in [-0.05, 0) is 79.9 Å². The first-order valence-electron chi connectivity index (χ1n) is 10.9. The fourth-order valence-electron chi connectivity index (χ4n) is 5.43. The summed E-state index contributed by atoms with van der Waals surface area (Å²) < 4.78 is 0. The van der Waals surface area contributed by atoms with Crippen LogP contribution in [-0.4, -0.2) is 0 Å². The molecule has 2 aliphatic carbocycles. The Hall–Kier alpha value is -1.00. The number of nitriles is 1. The second kappa shape index (κ2) is 9.80. The minimum absolute atomic E-state index is 0.597. The van der Waals surface area contributed by atoms with E-state index in [9.17, 15) is 0 Å². The van der Waals surface area contributed by atoms with Crippen LogP contribution in [0.4, 0.5) is 0 Å². The zero-order valence-electron chi connectivity index (χ0n) is 16.4. The van der Waals surface area contributed by atoms with Crippen LogP contribution in [0.1, 0.15) is 101 Å². The third kappa shape index (κ3) is 5.04. The van der Waals surface area contributed by atoms with Crippen molar-refractivity contribution in [3.05, 3.63) is 34.3 Å². The largest absolute Gasteiger partial charge is 0.192 e. The van der Waals surface area contributed by atoms with Gasteiger partial charge in [0.2, 0.25) is 0 Å². The van der Waals surface area contributed by atoms with E-state index in [1.165, 1.54) is 82.6 Å². The molecule has 0 N–H and O–H groups in total. The smallest absolute Gasteiger partial charge is 0.101 e. The lowest BCUT2D eigenvalue weighted by molar-refractivity contribution is 0.155. The van der Waals surface area contributed by atoms with Gasteiger partial charge in [0, 0.05) is 0 Å². The molecule has 2 heteroatoms. The van der Waals surface area contributed by atoms with Crippen LogP contribution in [0, 0.1) is 29.1 Å². The zero-order chi connectivity index (χ0) is 18.4. The summed E-state index contributed by atoms with van der Waals surface area (Å²) in [4.78, 5) is 0. The molecule has 1 aromatic rings. The highest BCUT2D eigenvalue weighted by molar-refractivity contribution is 6.31. The van der Waals surface area contributed by atoms with Crippen LogP contribution in [0.5, 0.6) is 0 Å². The van der Waals surface area contributed by atoms with Crippen molar-refractivity contribution < 1.29 is 0 Å². The van der Waals surface area contributed by atoms with Gasteiger partial charge in [-0.1, -0.05) is 63.1 Å². The molecule has 0 aromatic heterocycles. The molecular formula is C24H34ClN. The van der Waals surface area contributed by atoms with Gasteiger partial charge < -0.3 is 0 Å². The fourth-order valence-corrected chi connectivity index (χ4v) is 5.66. The number of hydrogen-bond donors (Lipinski definition) is 0. The van der Waals surface area contributed by atoms with E-state index in [0.717, 1.165) is 17.8 Å². The Morgan fingerprint density at radius 2 is 1.62 bits per heavy atom. The molecule has 0 bridgehead atoms. The number of hydrogen-bond acceptors (Lipinski definition) is 1. The number of unbranched alkanes of at least 4 members (excludes halogenated alkanes) is 2. The predicted molar refractivity (Wildman–Crippen MR) is 110 cm³/mol. The van der Waals surface area contributed by atoms with Crippen LogP contribution < -0.4 is 0 Å². The van der Waals surface area contributed by atoms with Gasteiger partial charge in [-0.3, -0.25) is 0 Å². The molecule has 0 atom stereocenters. The number of rotatable bonds is 6. The quantitative estimate of drug-likeness (QED) is 0.466. The molecule has 0 heterocycles. The molecule has 0 amide bonds. The van der Waals surface area contributed by atoms with E-state index in [-0.39, 0.29) is 0 Å². The number of halogens is 1. The van der Waals surface area contributed by atoms with Crippen molar-refractivity contribution >= 4 is 11.6 Å². The highest BCUT2D eigenvalue weighted by Crippen LogP contribution is 2.44. The summed E-state index contributed by atoms with van der Waals surface area (Å²) in [5.74, 6) is 3.61. The molecule has 2 fully saturated rings. The minimum Gasteiger partial charge on any atom is -0.192 e. The summed E-state index contributed by atoms with van der Waals surface area (Å²) in [6.07, 6.45) is 17.0. The Balaban J connectivity index is 1.44. The van der Waals surface area contributed by atoms with Gasteiger partial charge in [-0.2, -0.15) is 5.26 Å². The van der Waals surface area contributed by atoms with Crippen molar-refractivity contribution in [2.75, 3.05) is 0 Å². The number of nitrogens with zero attached hydrogens (tertiary/aromatic N) is 1. The summed E-state index contributed by atoms with van der Waals surface area (Å²) in [5.41, 5.74) is 1.94. The maximum atomic E-state index is 9.04. The molecule has 1 aromatic carbocycles. The highest BCUT2D eigenvalue weighted by Gasteiger charge is 2.31. The summed E-state index contributed by atoms with van der Waals surface area (Å²) in [6, 6.07) is 8.21. The van der Waals surface area contributed by atoms with Crippen LogP contribution in [0.25, 0.3) is 0 Å². The van der Waals surface area contributed by atoms with Gasteiger partial charge in [0.1, 0.15) is 6.07 Å². The molecule has 1 nitrogen and oxygen atoms in total. The molecule has 2 aliphatic rings. The molecule has 26 heavy (non-hydrogen) atoms. The Labute approximate surface area is 165 Å². The van der Waals surface area contributed by atoms with Crippen LogP contribution in [0.3, 0.4) is 0 Å². The van der Waals surface area contributed by atoms with Gasteiger partial charge in [0.25, 0.3) is 0 Å². The number of benzene rings is 1. The Kier molecular flexibility index (Phi) is 7.44.